The molecule has 0 spiro atoms. The Labute approximate surface area is 142 Å². The van der Waals surface area contributed by atoms with Crippen molar-refractivity contribution in [1.82, 2.24) is 0 Å². The first-order valence-corrected chi connectivity index (χ1v) is 7.70. The summed E-state index contributed by atoms with van der Waals surface area (Å²) >= 11 is 12.6. The van der Waals surface area contributed by atoms with Gasteiger partial charge in [0, 0.05) is 14.5 Å². The summed E-state index contributed by atoms with van der Waals surface area (Å²) in [5, 5.41) is 2.98. The van der Waals surface area contributed by atoms with Crippen LogP contribution in [0.2, 0.25) is 5.02 Å². The Kier molecular flexibility index (Phi) is 5.03. The van der Waals surface area contributed by atoms with Crippen molar-refractivity contribution < 1.29 is 9.59 Å². The van der Waals surface area contributed by atoms with Gasteiger partial charge in [-0.1, -0.05) is 27.5 Å². The first-order chi connectivity index (χ1) is 9.88. The highest BCUT2D eigenvalue weighted by Crippen LogP contribution is 2.26. The van der Waals surface area contributed by atoms with E-state index in [1.54, 1.807) is 18.2 Å². The summed E-state index contributed by atoms with van der Waals surface area (Å²) in [5.74, 6) is -0.940. The zero-order valence-corrected chi connectivity index (χ0v) is 14.4. The molecule has 0 aliphatic heterocycles. The normalized spacial score (nSPS) is 10.2. The number of nitrogens with one attached hydrogen (secondary N) is 1. The molecule has 0 unspecified atom stereocenters. The van der Waals surface area contributed by atoms with Crippen molar-refractivity contribution in [2.24, 2.45) is 5.73 Å². The fourth-order valence-corrected chi connectivity index (χ4v) is 3.03. The quantitative estimate of drug-likeness (QED) is 0.763. The number of benzene rings is 2. The topological polar surface area (TPSA) is 72.2 Å². The van der Waals surface area contributed by atoms with Gasteiger partial charge in [-0.15, -0.1) is 0 Å². The van der Waals surface area contributed by atoms with Crippen molar-refractivity contribution >= 4 is 61.0 Å². The molecular weight excluding hydrogens is 423 g/mol. The number of rotatable bonds is 3. The Bertz CT molecular complexity index is 735. The van der Waals surface area contributed by atoms with E-state index in [4.69, 9.17) is 17.3 Å². The fraction of sp³-hybridized carbons (Fsp3) is 0. The van der Waals surface area contributed by atoms with Crippen LogP contribution in [0.4, 0.5) is 5.69 Å². The molecule has 0 heterocycles. The number of carbonyl (C=O) groups excluding carboxylic acids is 2. The summed E-state index contributed by atoms with van der Waals surface area (Å²) in [6.07, 6.45) is 0. The van der Waals surface area contributed by atoms with Crippen molar-refractivity contribution in [2.75, 3.05) is 5.32 Å². The van der Waals surface area contributed by atoms with Gasteiger partial charge in [-0.3, -0.25) is 9.59 Å². The number of hydrogen-bond acceptors (Lipinski definition) is 2. The number of primary amides is 1. The van der Waals surface area contributed by atoms with Crippen LogP contribution in [0.3, 0.4) is 0 Å². The molecule has 0 aliphatic carbocycles. The maximum Gasteiger partial charge on any atom is 0.256 e. The van der Waals surface area contributed by atoms with Crippen molar-refractivity contribution in [3.05, 3.63) is 61.5 Å². The molecule has 0 radical (unpaired) electrons. The molecule has 0 aliphatic rings. The molecule has 108 valence electrons. The van der Waals surface area contributed by atoms with Crippen molar-refractivity contribution in [2.45, 2.75) is 0 Å². The Balaban J connectivity index is 2.31. The summed E-state index contributed by atoms with van der Waals surface area (Å²) in [7, 11) is 0. The average Bonchev–Trinajstić information content (AvgIpc) is 2.40. The molecule has 0 fully saturated rings. The van der Waals surface area contributed by atoms with E-state index in [0.29, 0.717) is 20.7 Å². The number of hydrogen-bond donors (Lipinski definition) is 2. The molecule has 0 saturated heterocycles. The van der Waals surface area contributed by atoms with E-state index in [1.165, 1.54) is 18.2 Å². The lowest BCUT2D eigenvalue weighted by Crippen LogP contribution is -2.15. The molecule has 0 bridgehead atoms. The summed E-state index contributed by atoms with van der Waals surface area (Å²) < 4.78 is 1.48. The van der Waals surface area contributed by atoms with Gasteiger partial charge in [-0.25, -0.2) is 0 Å². The zero-order valence-electron chi connectivity index (χ0n) is 10.5. The predicted octanol–water partition coefficient (Wildman–Crippen LogP) is 4.22. The third kappa shape index (κ3) is 3.84. The summed E-state index contributed by atoms with van der Waals surface area (Å²) in [4.78, 5) is 23.4. The second-order valence-corrected chi connectivity index (χ2v) is 6.31. The van der Waals surface area contributed by atoms with Crippen LogP contribution in [-0.2, 0) is 0 Å². The van der Waals surface area contributed by atoms with Gasteiger partial charge in [0.15, 0.2) is 0 Å². The van der Waals surface area contributed by atoms with E-state index in [1.807, 2.05) is 0 Å². The van der Waals surface area contributed by atoms with Gasteiger partial charge in [0.2, 0.25) is 5.91 Å². The highest BCUT2D eigenvalue weighted by Gasteiger charge is 2.13. The van der Waals surface area contributed by atoms with Crippen LogP contribution < -0.4 is 11.1 Å². The molecular formula is C14H9Br2ClN2O2. The maximum atomic E-state index is 12.2. The molecule has 7 heteroatoms. The van der Waals surface area contributed by atoms with E-state index in [9.17, 15) is 9.59 Å². The molecule has 21 heavy (non-hydrogen) atoms. The number of amides is 2. The lowest BCUT2D eigenvalue weighted by atomic mass is 10.1. The lowest BCUT2D eigenvalue weighted by Gasteiger charge is -2.10. The molecule has 4 nitrogen and oxygen atoms in total. The van der Waals surface area contributed by atoms with Gasteiger partial charge in [0.1, 0.15) is 0 Å². The summed E-state index contributed by atoms with van der Waals surface area (Å²) in [5.41, 5.74) is 6.25. The van der Waals surface area contributed by atoms with Gasteiger partial charge >= 0.3 is 0 Å². The summed E-state index contributed by atoms with van der Waals surface area (Å²) in [6.45, 7) is 0. The molecule has 0 aromatic heterocycles. The van der Waals surface area contributed by atoms with Crippen molar-refractivity contribution in [3.63, 3.8) is 0 Å². The molecule has 0 atom stereocenters. The third-order valence-corrected chi connectivity index (χ3v) is 4.15. The Hall–Kier alpha value is -1.37. The van der Waals surface area contributed by atoms with E-state index < -0.39 is 5.91 Å². The van der Waals surface area contributed by atoms with Crippen LogP contribution in [0.5, 0.6) is 0 Å². The van der Waals surface area contributed by atoms with Crippen LogP contribution in [0.25, 0.3) is 0 Å². The van der Waals surface area contributed by atoms with Gasteiger partial charge in [0.25, 0.3) is 5.91 Å². The monoisotopic (exact) mass is 430 g/mol. The number of anilines is 1. The highest BCUT2D eigenvalue weighted by atomic mass is 79.9. The van der Waals surface area contributed by atoms with E-state index in [-0.39, 0.29) is 11.5 Å². The van der Waals surface area contributed by atoms with Crippen molar-refractivity contribution in [3.8, 4) is 0 Å². The summed E-state index contributed by atoms with van der Waals surface area (Å²) in [6, 6.07) is 9.62. The molecule has 2 aromatic carbocycles. The minimum Gasteiger partial charge on any atom is -0.366 e. The predicted molar refractivity (Wildman–Crippen MR) is 89.8 cm³/mol. The minimum atomic E-state index is -0.591. The minimum absolute atomic E-state index is 0.268. The number of nitrogens with two attached hydrogens (primary N) is 1. The Morgan fingerprint density at radius 1 is 1.10 bits per heavy atom. The fourth-order valence-electron chi connectivity index (χ4n) is 1.64. The molecule has 3 N–H and O–H groups in total. The van der Waals surface area contributed by atoms with E-state index >= 15 is 0 Å². The lowest BCUT2D eigenvalue weighted by molar-refractivity contribution is 0.0996. The number of carbonyl (C=O) groups is 2. The second kappa shape index (κ2) is 6.60. The van der Waals surface area contributed by atoms with Crippen molar-refractivity contribution in [1.29, 1.82) is 0 Å². The number of halogens is 3. The molecule has 2 rings (SSSR count). The van der Waals surface area contributed by atoms with Gasteiger partial charge in [-0.05, 0) is 52.3 Å². The maximum absolute atomic E-state index is 12.2. The smallest absolute Gasteiger partial charge is 0.256 e. The van der Waals surface area contributed by atoms with E-state index in [0.717, 1.165) is 4.47 Å². The third-order valence-electron chi connectivity index (χ3n) is 2.67. The molecule has 0 saturated carbocycles. The molecule has 2 aromatic rings. The Morgan fingerprint density at radius 3 is 2.43 bits per heavy atom. The van der Waals surface area contributed by atoms with Gasteiger partial charge in [0.05, 0.1) is 16.3 Å². The molecule has 2 amide bonds. The SMILES string of the molecule is NC(=O)c1ccc(Cl)c(NC(=O)c2ccc(Br)cc2Br)c1. The Morgan fingerprint density at radius 2 is 1.81 bits per heavy atom. The van der Waals surface area contributed by atoms with Gasteiger partial charge < -0.3 is 11.1 Å². The van der Waals surface area contributed by atoms with Crippen LogP contribution in [0, 0.1) is 0 Å². The van der Waals surface area contributed by atoms with Gasteiger partial charge in [-0.2, -0.15) is 0 Å². The standard InChI is InChI=1S/C14H9Br2ClN2O2/c15-8-2-3-9(10(16)6-8)14(21)19-12-5-7(13(18)20)1-4-11(12)17/h1-6H,(H2,18,20)(H,19,21). The second-order valence-electron chi connectivity index (χ2n) is 4.14. The van der Waals surface area contributed by atoms with Crippen LogP contribution >= 0.6 is 43.5 Å². The average molecular weight is 432 g/mol. The highest BCUT2D eigenvalue weighted by molar-refractivity contribution is 9.11. The van der Waals surface area contributed by atoms with Crippen LogP contribution in [0.15, 0.2) is 45.3 Å². The van der Waals surface area contributed by atoms with Crippen LogP contribution in [-0.4, -0.2) is 11.8 Å². The first-order valence-electron chi connectivity index (χ1n) is 5.74. The first kappa shape index (κ1) is 16.0. The van der Waals surface area contributed by atoms with E-state index in [2.05, 4.69) is 37.2 Å². The largest absolute Gasteiger partial charge is 0.366 e. The van der Waals surface area contributed by atoms with Crippen LogP contribution in [0.1, 0.15) is 20.7 Å². The zero-order chi connectivity index (χ0) is 15.6.